The van der Waals surface area contributed by atoms with Crippen LogP contribution < -0.4 is 9.63 Å². The highest BCUT2D eigenvalue weighted by molar-refractivity contribution is 7.84. The average Bonchev–Trinajstić information content (AvgIpc) is 2.93. The number of aromatic nitrogens is 3. The van der Waals surface area contributed by atoms with Gasteiger partial charge >= 0.3 is 0 Å². The van der Waals surface area contributed by atoms with Crippen molar-refractivity contribution in [2.24, 2.45) is 5.92 Å². The van der Waals surface area contributed by atoms with Crippen molar-refractivity contribution in [3.05, 3.63) is 41.1 Å². The second-order valence-corrected chi connectivity index (χ2v) is 7.28. The van der Waals surface area contributed by atoms with Gasteiger partial charge in [-0.05, 0) is 6.07 Å². The van der Waals surface area contributed by atoms with E-state index in [0.29, 0.717) is 16.1 Å². The molecule has 7 nitrogen and oxygen atoms in total. The van der Waals surface area contributed by atoms with Gasteiger partial charge in [-0.2, -0.15) is 9.83 Å². The minimum atomic E-state index is -1.12. The molecule has 0 aliphatic rings. The maximum Gasteiger partial charge on any atom is 0.231 e. The van der Waals surface area contributed by atoms with Gasteiger partial charge in [0, 0.05) is 34.8 Å². The van der Waals surface area contributed by atoms with Gasteiger partial charge in [-0.3, -0.25) is 13.9 Å². The fourth-order valence-corrected chi connectivity index (χ4v) is 3.38. The monoisotopic (exact) mass is 380 g/mol. The first-order valence-corrected chi connectivity index (χ1v) is 9.43. The number of carbonyl (C=O) groups excluding carboxylic acids is 1. The van der Waals surface area contributed by atoms with Crippen LogP contribution in [0.3, 0.4) is 0 Å². The van der Waals surface area contributed by atoms with E-state index in [1.807, 2.05) is 0 Å². The topological polar surface area (TPSA) is 82.1 Å². The summed E-state index contributed by atoms with van der Waals surface area (Å²) in [5.74, 6) is 1.87. The predicted molar refractivity (Wildman–Crippen MR) is 96.8 cm³/mol. The van der Waals surface area contributed by atoms with Crippen molar-refractivity contribution in [3.8, 4) is 18.0 Å². The summed E-state index contributed by atoms with van der Waals surface area (Å²) >= 11 is 6.18. The molecule has 0 bridgehead atoms. The zero-order valence-electron chi connectivity index (χ0n) is 13.8. The number of halogens is 1. The van der Waals surface area contributed by atoms with Crippen molar-refractivity contribution in [3.63, 3.8) is 0 Å². The molecule has 0 aromatic carbocycles. The van der Waals surface area contributed by atoms with E-state index in [2.05, 4.69) is 11.0 Å². The Bertz CT molecular complexity index is 846. The van der Waals surface area contributed by atoms with Crippen molar-refractivity contribution in [1.82, 2.24) is 9.78 Å². The molecule has 2 unspecified atom stereocenters. The summed E-state index contributed by atoms with van der Waals surface area (Å²) in [5, 5.41) is 15.6. The van der Waals surface area contributed by atoms with E-state index in [4.69, 9.17) is 18.0 Å². The summed E-state index contributed by atoms with van der Waals surface area (Å²) in [5.41, 5.74) is 0.820. The van der Waals surface area contributed by atoms with E-state index in [9.17, 15) is 14.2 Å². The molecule has 0 saturated heterocycles. The maximum atomic E-state index is 12.7. The third-order valence-corrected chi connectivity index (χ3v) is 4.63. The summed E-state index contributed by atoms with van der Waals surface area (Å²) in [6, 6.07) is 3.25. The van der Waals surface area contributed by atoms with Crippen LogP contribution in [-0.4, -0.2) is 38.4 Å². The van der Waals surface area contributed by atoms with E-state index in [0.717, 1.165) is 0 Å². The lowest BCUT2D eigenvalue weighted by Crippen LogP contribution is -2.37. The van der Waals surface area contributed by atoms with Crippen LogP contribution in [0.25, 0.3) is 5.69 Å². The predicted octanol–water partition coefficient (Wildman–Crippen LogP) is 1.14. The lowest BCUT2D eigenvalue weighted by atomic mass is 10.2. The standard InChI is InChI=1S/C16H17ClN4O3S/c1-4-7-20(16(22)12(2)11-25(3)24)14-10-21(18-15(14)17)13-6-5-8-19(23)9-13/h1,5-6,8-10,12H,7,11H2,2-3H3. The molecule has 0 N–H and O–H groups in total. The van der Waals surface area contributed by atoms with E-state index in [1.165, 1.54) is 34.4 Å². The Balaban J connectivity index is 2.38. The second kappa shape index (κ2) is 8.14. The first-order chi connectivity index (χ1) is 11.8. The molecule has 0 saturated carbocycles. The number of anilines is 1. The van der Waals surface area contributed by atoms with Gasteiger partial charge in [0.15, 0.2) is 11.3 Å². The highest BCUT2D eigenvalue weighted by Gasteiger charge is 2.26. The second-order valence-electron chi connectivity index (χ2n) is 5.44. The third kappa shape index (κ3) is 4.59. The summed E-state index contributed by atoms with van der Waals surface area (Å²) in [6.45, 7) is 1.68. The summed E-state index contributed by atoms with van der Waals surface area (Å²) in [7, 11) is -1.12. The van der Waals surface area contributed by atoms with Gasteiger partial charge in [0.2, 0.25) is 12.1 Å². The van der Waals surface area contributed by atoms with Gasteiger partial charge in [0.05, 0.1) is 12.7 Å². The fraction of sp³-hybridized carbons (Fsp3) is 0.312. The quantitative estimate of drug-likeness (QED) is 0.427. The van der Waals surface area contributed by atoms with Crippen LogP contribution in [-0.2, 0) is 15.6 Å². The molecule has 9 heteroatoms. The number of carbonyl (C=O) groups is 1. The van der Waals surface area contributed by atoms with Crippen LogP contribution in [0, 0.1) is 23.5 Å². The molecule has 2 aromatic rings. The molecule has 132 valence electrons. The third-order valence-electron chi connectivity index (χ3n) is 3.39. The van der Waals surface area contributed by atoms with E-state index in [1.54, 1.807) is 19.1 Å². The largest absolute Gasteiger partial charge is 0.619 e. The van der Waals surface area contributed by atoms with Crippen molar-refractivity contribution in [2.45, 2.75) is 6.92 Å². The Hall–Kier alpha value is -2.37. The zero-order chi connectivity index (χ0) is 18.6. The summed E-state index contributed by atoms with van der Waals surface area (Å²) in [4.78, 5) is 14.0. The molecule has 0 fully saturated rings. The highest BCUT2D eigenvalue weighted by atomic mass is 35.5. The number of hydrogen-bond acceptors (Lipinski definition) is 4. The van der Waals surface area contributed by atoms with Crippen LogP contribution in [0.15, 0.2) is 30.7 Å². The highest BCUT2D eigenvalue weighted by Crippen LogP contribution is 2.27. The van der Waals surface area contributed by atoms with Crippen LogP contribution >= 0.6 is 11.6 Å². The molecule has 2 rings (SSSR count). The first-order valence-electron chi connectivity index (χ1n) is 7.32. The van der Waals surface area contributed by atoms with Crippen molar-refractivity contribution >= 4 is 34.0 Å². The molecule has 0 aliphatic heterocycles. The van der Waals surface area contributed by atoms with E-state index in [-0.39, 0.29) is 23.4 Å². The molecular formula is C16H17ClN4O3S. The Morgan fingerprint density at radius 1 is 1.64 bits per heavy atom. The van der Waals surface area contributed by atoms with Gasteiger partial charge in [-0.15, -0.1) is 6.42 Å². The van der Waals surface area contributed by atoms with Gasteiger partial charge in [-0.1, -0.05) is 24.4 Å². The Kier molecular flexibility index (Phi) is 6.17. The Morgan fingerprint density at radius 2 is 2.36 bits per heavy atom. The minimum Gasteiger partial charge on any atom is -0.619 e. The molecule has 2 aromatic heterocycles. The number of pyridine rings is 1. The lowest BCUT2D eigenvalue weighted by Gasteiger charge is -2.22. The molecule has 0 radical (unpaired) electrons. The zero-order valence-corrected chi connectivity index (χ0v) is 15.3. The maximum absolute atomic E-state index is 12.7. The molecule has 0 aliphatic carbocycles. The number of amides is 1. The minimum absolute atomic E-state index is 0.00127. The number of nitrogens with zero attached hydrogens (tertiary/aromatic N) is 4. The fourth-order valence-electron chi connectivity index (χ4n) is 2.30. The normalized spacial score (nSPS) is 13.0. The first kappa shape index (κ1) is 19.0. The van der Waals surface area contributed by atoms with Crippen LogP contribution in [0.5, 0.6) is 0 Å². The molecule has 25 heavy (non-hydrogen) atoms. The number of terminal acetylenes is 1. The van der Waals surface area contributed by atoms with E-state index >= 15 is 0 Å². The van der Waals surface area contributed by atoms with Crippen LogP contribution in [0.1, 0.15) is 6.92 Å². The van der Waals surface area contributed by atoms with Crippen molar-refractivity contribution in [1.29, 1.82) is 0 Å². The Morgan fingerprint density at radius 3 is 2.96 bits per heavy atom. The van der Waals surface area contributed by atoms with Gasteiger partial charge in [0.1, 0.15) is 11.4 Å². The number of hydrogen-bond donors (Lipinski definition) is 0. The van der Waals surface area contributed by atoms with Crippen LogP contribution in [0.2, 0.25) is 5.15 Å². The van der Waals surface area contributed by atoms with Crippen molar-refractivity contribution in [2.75, 3.05) is 23.5 Å². The summed E-state index contributed by atoms with van der Waals surface area (Å²) < 4.78 is 13.4. The van der Waals surface area contributed by atoms with Gasteiger partial charge < -0.3 is 5.21 Å². The SMILES string of the molecule is C#CCN(C(=O)C(C)CS(C)=O)c1cn(-c2ccc[n+]([O-])c2)nc1Cl. The van der Waals surface area contributed by atoms with Crippen molar-refractivity contribution < 1.29 is 13.7 Å². The smallest absolute Gasteiger partial charge is 0.231 e. The average molecular weight is 381 g/mol. The van der Waals surface area contributed by atoms with Gasteiger partial charge in [0.25, 0.3) is 0 Å². The molecular weight excluding hydrogens is 364 g/mol. The van der Waals surface area contributed by atoms with Crippen LogP contribution in [0.4, 0.5) is 5.69 Å². The van der Waals surface area contributed by atoms with Gasteiger partial charge in [-0.25, -0.2) is 4.68 Å². The number of rotatable bonds is 6. The molecule has 1 amide bonds. The molecule has 0 spiro atoms. The molecule has 2 atom stereocenters. The van der Waals surface area contributed by atoms with E-state index < -0.39 is 16.7 Å². The Labute approximate surface area is 153 Å². The molecule has 2 heterocycles. The summed E-state index contributed by atoms with van der Waals surface area (Å²) in [6.07, 6.45) is 11.1. The lowest BCUT2D eigenvalue weighted by molar-refractivity contribution is -0.605.